The van der Waals surface area contributed by atoms with Crippen molar-refractivity contribution in [1.82, 2.24) is 0 Å². The Hall–Kier alpha value is -3.10. The molecule has 0 N–H and O–H groups in total. The number of amides is 3. The van der Waals surface area contributed by atoms with Gasteiger partial charge >= 0.3 is 5.97 Å². The van der Waals surface area contributed by atoms with E-state index in [0.717, 1.165) is 21.7 Å². The second-order valence-corrected chi connectivity index (χ2v) is 11.0. The Labute approximate surface area is 244 Å². The fraction of sp³-hybridized carbons (Fsp3) is 0.214. The molecule has 2 aliphatic rings. The van der Waals surface area contributed by atoms with Gasteiger partial charge in [0.05, 0.1) is 42.8 Å². The van der Waals surface area contributed by atoms with Crippen LogP contribution in [-0.2, 0) is 9.59 Å². The summed E-state index contributed by atoms with van der Waals surface area (Å²) in [5.41, 5.74) is 3.27. The molecule has 0 radical (unpaired) electrons. The molecule has 2 heterocycles. The van der Waals surface area contributed by atoms with Crippen LogP contribution in [0.1, 0.15) is 43.8 Å². The molecule has 3 aromatic carbocycles. The summed E-state index contributed by atoms with van der Waals surface area (Å²) in [5, 5.41) is -0.562. The number of rotatable bonds is 4. The van der Waals surface area contributed by atoms with Gasteiger partial charge in [0.25, 0.3) is 11.8 Å². The number of ether oxygens (including phenoxy) is 1. The number of carbonyl (C=O) groups excluding carboxylic acids is 4. The first kappa shape index (κ1) is 27.5. The smallest absolute Gasteiger partial charge is 0.316 e. The number of nitrogens with zero attached hydrogens (tertiary/aromatic N) is 2. The summed E-state index contributed by atoms with van der Waals surface area (Å²) in [7, 11) is 0. The van der Waals surface area contributed by atoms with E-state index in [1.54, 1.807) is 11.8 Å². The van der Waals surface area contributed by atoms with Crippen molar-refractivity contribution in [3.05, 3.63) is 84.3 Å². The Morgan fingerprint density at radius 2 is 1.44 bits per heavy atom. The summed E-state index contributed by atoms with van der Waals surface area (Å²) in [5.74, 6) is -2.55. The summed E-state index contributed by atoms with van der Waals surface area (Å²) in [6.07, 6.45) is 0.0327. The Morgan fingerprint density at radius 3 is 2.03 bits per heavy atom. The van der Waals surface area contributed by atoms with Crippen LogP contribution in [0.25, 0.3) is 0 Å². The molecule has 1 saturated heterocycles. The molecule has 1 atom stereocenters. The fourth-order valence-electron chi connectivity index (χ4n) is 4.84. The lowest BCUT2D eigenvalue weighted by Crippen LogP contribution is -2.30. The zero-order valence-electron chi connectivity index (χ0n) is 20.9. The van der Waals surface area contributed by atoms with E-state index in [1.807, 2.05) is 32.0 Å². The minimum Gasteiger partial charge on any atom is -0.426 e. The molecule has 0 bridgehead atoms. The summed E-state index contributed by atoms with van der Waals surface area (Å²) in [6, 6.07) is 10.2. The average molecular weight is 606 g/mol. The highest BCUT2D eigenvalue weighted by Crippen LogP contribution is 2.46. The van der Waals surface area contributed by atoms with Gasteiger partial charge in [-0.15, -0.1) is 0 Å². The third-order valence-electron chi connectivity index (χ3n) is 7.05. The fourth-order valence-corrected chi connectivity index (χ4v) is 5.85. The zero-order valence-corrected chi connectivity index (χ0v) is 23.9. The minimum absolute atomic E-state index is 0.0327. The van der Waals surface area contributed by atoms with E-state index in [1.165, 1.54) is 18.2 Å². The normalized spacial score (nSPS) is 16.8. The van der Waals surface area contributed by atoms with Crippen molar-refractivity contribution in [2.24, 2.45) is 5.92 Å². The summed E-state index contributed by atoms with van der Waals surface area (Å²) in [4.78, 5) is 54.6. The van der Waals surface area contributed by atoms with Crippen molar-refractivity contribution in [2.45, 2.75) is 27.2 Å². The molecule has 3 amide bonds. The van der Waals surface area contributed by atoms with Crippen molar-refractivity contribution in [2.75, 3.05) is 16.3 Å². The van der Waals surface area contributed by atoms with Crippen LogP contribution in [0.4, 0.5) is 11.4 Å². The van der Waals surface area contributed by atoms with Crippen LogP contribution in [0.5, 0.6) is 5.75 Å². The van der Waals surface area contributed by atoms with Crippen LogP contribution in [0.2, 0.25) is 20.1 Å². The summed E-state index contributed by atoms with van der Waals surface area (Å²) < 4.78 is 5.59. The van der Waals surface area contributed by atoms with Crippen LogP contribution in [-0.4, -0.2) is 30.2 Å². The number of hydrogen-bond acceptors (Lipinski definition) is 5. The minimum atomic E-state index is -0.704. The van der Waals surface area contributed by atoms with Gasteiger partial charge in [0, 0.05) is 18.7 Å². The first-order valence-corrected chi connectivity index (χ1v) is 13.4. The van der Waals surface area contributed by atoms with Crippen molar-refractivity contribution < 1.29 is 23.9 Å². The molecule has 0 unspecified atom stereocenters. The predicted molar refractivity (Wildman–Crippen MR) is 151 cm³/mol. The van der Waals surface area contributed by atoms with Gasteiger partial charge in [0.2, 0.25) is 5.91 Å². The lowest BCUT2D eigenvalue weighted by atomic mass is 10.1. The molecule has 3 aromatic rings. The lowest BCUT2D eigenvalue weighted by molar-refractivity contribution is -0.139. The molecule has 200 valence electrons. The van der Waals surface area contributed by atoms with Crippen LogP contribution in [0.3, 0.4) is 0 Å². The van der Waals surface area contributed by atoms with Gasteiger partial charge in [-0.2, -0.15) is 0 Å². The standard InChI is InChI=1S/C28H20Cl4N2O5/c1-12-5-4-6-18(14(12)3)33-11-15(10-19(33)35)28(38)39-16-7-8-17(13(2)9-16)34-26(36)20-21(27(34)37)23(30)25(32)24(31)22(20)29/h4-9,15H,10-11H2,1-3H3/t15-/m0/s1. The number of fused-ring (bicyclic) bond motifs is 1. The second kappa shape index (κ2) is 10.1. The van der Waals surface area contributed by atoms with Crippen molar-refractivity contribution in [1.29, 1.82) is 0 Å². The molecule has 39 heavy (non-hydrogen) atoms. The number of hydrogen-bond donors (Lipinski definition) is 0. The molecule has 0 spiro atoms. The topological polar surface area (TPSA) is 84.0 Å². The number of carbonyl (C=O) groups is 4. The molecular weight excluding hydrogens is 586 g/mol. The summed E-state index contributed by atoms with van der Waals surface area (Å²) in [6.45, 7) is 5.77. The third kappa shape index (κ3) is 4.47. The molecule has 5 rings (SSSR count). The Kier molecular flexibility index (Phi) is 7.14. The van der Waals surface area contributed by atoms with E-state index < -0.39 is 23.7 Å². The van der Waals surface area contributed by atoms with E-state index in [2.05, 4.69) is 0 Å². The van der Waals surface area contributed by atoms with E-state index >= 15 is 0 Å². The molecule has 0 saturated carbocycles. The Balaban J connectivity index is 1.35. The van der Waals surface area contributed by atoms with Gasteiger partial charge in [-0.25, -0.2) is 4.90 Å². The van der Waals surface area contributed by atoms with E-state index in [0.29, 0.717) is 5.56 Å². The van der Waals surface area contributed by atoms with Crippen molar-refractivity contribution in [3.63, 3.8) is 0 Å². The SMILES string of the molecule is Cc1cc(OC(=O)[C@H]2CC(=O)N(c3cccc(C)c3C)C2)ccc1N1C(=O)c2c(Cl)c(Cl)c(Cl)c(Cl)c2C1=O. The summed E-state index contributed by atoms with van der Waals surface area (Å²) >= 11 is 24.6. The van der Waals surface area contributed by atoms with Gasteiger partial charge in [0.1, 0.15) is 5.75 Å². The van der Waals surface area contributed by atoms with Gasteiger partial charge in [-0.1, -0.05) is 58.5 Å². The first-order chi connectivity index (χ1) is 18.4. The van der Waals surface area contributed by atoms with Gasteiger partial charge in [-0.3, -0.25) is 19.2 Å². The molecule has 7 nitrogen and oxygen atoms in total. The van der Waals surface area contributed by atoms with E-state index in [9.17, 15) is 19.2 Å². The number of imide groups is 1. The monoisotopic (exact) mass is 604 g/mol. The maximum absolute atomic E-state index is 13.2. The highest BCUT2D eigenvalue weighted by Gasteiger charge is 2.43. The molecule has 2 aliphatic heterocycles. The Morgan fingerprint density at radius 1 is 0.821 bits per heavy atom. The quantitative estimate of drug-likeness (QED) is 0.105. The molecule has 11 heteroatoms. The second-order valence-electron chi connectivity index (χ2n) is 9.45. The van der Waals surface area contributed by atoms with Crippen molar-refractivity contribution >= 4 is 81.5 Å². The molecule has 1 fully saturated rings. The van der Waals surface area contributed by atoms with E-state index in [4.69, 9.17) is 51.1 Å². The third-order valence-corrected chi connectivity index (χ3v) is 8.86. The van der Waals surface area contributed by atoms with Gasteiger partial charge in [0.15, 0.2) is 0 Å². The van der Waals surface area contributed by atoms with Crippen LogP contribution < -0.4 is 14.5 Å². The number of benzene rings is 3. The molecule has 0 aromatic heterocycles. The average Bonchev–Trinajstić information content (AvgIpc) is 3.40. The highest BCUT2D eigenvalue weighted by molar-refractivity contribution is 6.56. The van der Waals surface area contributed by atoms with Gasteiger partial charge in [-0.05, 0) is 61.7 Å². The maximum atomic E-state index is 13.2. The number of esters is 1. The maximum Gasteiger partial charge on any atom is 0.316 e. The number of anilines is 2. The first-order valence-electron chi connectivity index (χ1n) is 11.9. The predicted octanol–water partition coefficient (Wildman–Crippen LogP) is 6.98. The van der Waals surface area contributed by atoms with Crippen LogP contribution >= 0.6 is 46.4 Å². The number of halogens is 4. The van der Waals surface area contributed by atoms with E-state index in [-0.39, 0.29) is 61.5 Å². The van der Waals surface area contributed by atoms with Crippen LogP contribution in [0.15, 0.2) is 36.4 Å². The largest absolute Gasteiger partial charge is 0.426 e. The van der Waals surface area contributed by atoms with Gasteiger partial charge < -0.3 is 9.64 Å². The van der Waals surface area contributed by atoms with Crippen LogP contribution in [0, 0.1) is 26.7 Å². The Bertz CT molecular complexity index is 1570. The number of aryl methyl sites for hydroxylation is 2. The lowest BCUT2D eigenvalue weighted by Gasteiger charge is -2.20. The molecular formula is C28H20Cl4N2O5. The highest BCUT2D eigenvalue weighted by atomic mass is 35.5. The molecule has 0 aliphatic carbocycles. The van der Waals surface area contributed by atoms with Crippen molar-refractivity contribution in [3.8, 4) is 5.75 Å². The zero-order chi connectivity index (χ0) is 28.3.